The maximum absolute atomic E-state index is 13.6. The highest BCUT2D eigenvalue weighted by atomic mass is 16.7. The van der Waals surface area contributed by atoms with Gasteiger partial charge in [-0.2, -0.15) is 0 Å². The number of fused-ring (bicyclic) bond motifs is 2. The number of H-pyrrole nitrogens is 1. The Morgan fingerprint density at radius 2 is 1.80 bits per heavy atom. The molecule has 1 aliphatic carbocycles. The molecule has 0 spiro atoms. The van der Waals surface area contributed by atoms with Crippen molar-refractivity contribution in [1.29, 1.82) is 0 Å². The Kier molecular flexibility index (Phi) is 5.94. The predicted molar refractivity (Wildman–Crippen MR) is 135 cm³/mol. The molecule has 0 bridgehead atoms. The van der Waals surface area contributed by atoms with Gasteiger partial charge in [0.05, 0.1) is 6.54 Å². The Bertz CT molecular complexity index is 1230. The first-order chi connectivity index (χ1) is 16.6. The smallest absolute Gasteiger partial charge is 0.254 e. The number of pyridine rings is 1. The number of amides is 1. The predicted octanol–water partition coefficient (Wildman–Crippen LogP) is 4.11. The molecule has 2 aromatic rings. The van der Waals surface area contributed by atoms with Crippen molar-refractivity contribution in [2.45, 2.75) is 78.2 Å². The number of aromatic amines is 1. The molecule has 0 radical (unpaired) electrons. The Hall–Kier alpha value is -2.80. The fourth-order valence-corrected chi connectivity index (χ4v) is 6.19. The second kappa shape index (κ2) is 8.70. The van der Waals surface area contributed by atoms with Gasteiger partial charge in [-0.1, -0.05) is 0 Å². The summed E-state index contributed by atoms with van der Waals surface area (Å²) in [6.07, 6.45) is 5.12. The van der Waals surface area contributed by atoms with Gasteiger partial charge in [0, 0.05) is 47.8 Å². The number of hydrogen-bond acceptors (Lipinski definition) is 5. The van der Waals surface area contributed by atoms with Crippen molar-refractivity contribution in [3.05, 3.63) is 56.0 Å². The van der Waals surface area contributed by atoms with Crippen LogP contribution in [0.4, 0.5) is 0 Å². The third kappa shape index (κ3) is 4.14. The van der Waals surface area contributed by atoms with Crippen LogP contribution in [0.5, 0.6) is 11.5 Å². The number of carbonyl (C=O) groups is 1. The SMILES string of the molecule is Cc1cc(C)c(CN2CCc3cc4c(c(C)c3C2=O)O[C@](C)([C@H]2CC[C@H](N(C)C)CC2)O4)c(=O)[nH]1. The van der Waals surface area contributed by atoms with Crippen molar-refractivity contribution in [3.63, 3.8) is 0 Å². The van der Waals surface area contributed by atoms with E-state index in [1.807, 2.05) is 39.8 Å². The standard InChI is InChI=1S/C28H37N3O4/c1-16-13-17(2)29-26(32)22(16)15-31-12-11-19-14-23-25(18(3)24(19)27(31)33)35-28(4,34-23)20-7-9-21(10-8-20)30(5)6/h13-14,20-21H,7-12,15H2,1-6H3,(H,29,32)/t20-,21-,28-/m1/s1. The van der Waals surface area contributed by atoms with Gasteiger partial charge in [-0.15, -0.1) is 0 Å². The van der Waals surface area contributed by atoms with Crippen molar-refractivity contribution < 1.29 is 14.3 Å². The van der Waals surface area contributed by atoms with Crippen LogP contribution >= 0.6 is 0 Å². The largest absolute Gasteiger partial charge is 0.448 e. The van der Waals surface area contributed by atoms with Gasteiger partial charge >= 0.3 is 0 Å². The van der Waals surface area contributed by atoms with E-state index < -0.39 is 5.79 Å². The van der Waals surface area contributed by atoms with E-state index >= 15 is 0 Å². The molecule has 1 fully saturated rings. The van der Waals surface area contributed by atoms with E-state index in [2.05, 4.69) is 24.0 Å². The van der Waals surface area contributed by atoms with Gasteiger partial charge in [0.15, 0.2) is 11.5 Å². The van der Waals surface area contributed by atoms with E-state index in [0.29, 0.717) is 41.9 Å². The molecule has 35 heavy (non-hydrogen) atoms. The molecule has 5 rings (SSSR count). The van der Waals surface area contributed by atoms with E-state index in [4.69, 9.17) is 9.47 Å². The number of aromatic nitrogens is 1. The second-order valence-corrected chi connectivity index (χ2v) is 11.0. The molecule has 3 heterocycles. The summed E-state index contributed by atoms with van der Waals surface area (Å²) in [6.45, 7) is 8.68. The van der Waals surface area contributed by atoms with Crippen molar-refractivity contribution in [1.82, 2.24) is 14.8 Å². The van der Waals surface area contributed by atoms with E-state index in [9.17, 15) is 9.59 Å². The summed E-state index contributed by atoms with van der Waals surface area (Å²) in [5.74, 6) is 1.01. The Morgan fingerprint density at radius 3 is 2.46 bits per heavy atom. The summed E-state index contributed by atoms with van der Waals surface area (Å²) in [5, 5.41) is 0. The van der Waals surface area contributed by atoms with Crippen LogP contribution in [0.15, 0.2) is 16.9 Å². The van der Waals surface area contributed by atoms with Gasteiger partial charge in [0.25, 0.3) is 17.3 Å². The van der Waals surface area contributed by atoms with Crippen molar-refractivity contribution in [2.75, 3.05) is 20.6 Å². The van der Waals surface area contributed by atoms with Crippen molar-refractivity contribution in [3.8, 4) is 11.5 Å². The number of nitrogens with zero attached hydrogens (tertiary/aromatic N) is 2. The highest BCUT2D eigenvalue weighted by molar-refractivity contribution is 5.99. The number of ether oxygens (including phenoxy) is 2. The zero-order chi connectivity index (χ0) is 25.1. The van der Waals surface area contributed by atoms with Gasteiger partial charge < -0.3 is 24.3 Å². The monoisotopic (exact) mass is 479 g/mol. The molecule has 188 valence electrons. The minimum atomic E-state index is -0.705. The molecule has 1 amide bonds. The molecular weight excluding hydrogens is 442 g/mol. The lowest BCUT2D eigenvalue weighted by atomic mass is 9.81. The van der Waals surface area contributed by atoms with Gasteiger partial charge in [-0.3, -0.25) is 9.59 Å². The third-order valence-corrected chi connectivity index (χ3v) is 8.35. The zero-order valence-electron chi connectivity index (χ0n) is 21.8. The number of carbonyl (C=O) groups excluding carboxylic acids is 1. The van der Waals surface area contributed by atoms with Gasteiger partial charge in [0.2, 0.25) is 0 Å². The average Bonchev–Trinajstić information content (AvgIpc) is 3.15. The molecule has 0 saturated heterocycles. The maximum atomic E-state index is 13.6. The topological polar surface area (TPSA) is 74.9 Å². The first-order valence-corrected chi connectivity index (χ1v) is 12.8. The fourth-order valence-electron chi connectivity index (χ4n) is 6.19. The van der Waals surface area contributed by atoms with E-state index in [1.165, 1.54) is 0 Å². The van der Waals surface area contributed by atoms with Crippen LogP contribution < -0.4 is 15.0 Å². The molecule has 1 aromatic heterocycles. The quantitative estimate of drug-likeness (QED) is 0.715. The highest BCUT2D eigenvalue weighted by Crippen LogP contribution is 2.50. The second-order valence-electron chi connectivity index (χ2n) is 11.0. The lowest BCUT2D eigenvalue weighted by molar-refractivity contribution is -0.123. The minimum absolute atomic E-state index is 0.0466. The van der Waals surface area contributed by atoms with Gasteiger partial charge in [-0.05, 0) is 90.2 Å². The van der Waals surface area contributed by atoms with E-state index in [-0.39, 0.29) is 11.5 Å². The number of aryl methyl sites for hydroxylation is 2. The number of hydrogen-bond donors (Lipinski definition) is 1. The average molecular weight is 480 g/mol. The normalized spacial score (nSPS) is 25.8. The molecule has 1 atom stereocenters. The van der Waals surface area contributed by atoms with Crippen molar-refractivity contribution in [2.24, 2.45) is 5.92 Å². The molecule has 1 aromatic carbocycles. The lowest BCUT2D eigenvalue weighted by Gasteiger charge is -2.39. The summed E-state index contributed by atoms with van der Waals surface area (Å²) < 4.78 is 13.0. The summed E-state index contributed by atoms with van der Waals surface area (Å²) >= 11 is 0. The fraction of sp³-hybridized carbons (Fsp3) is 0.571. The first-order valence-electron chi connectivity index (χ1n) is 12.8. The Morgan fingerprint density at radius 1 is 1.09 bits per heavy atom. The van der Waals surface area contributed by atoms with Crippen molar-refractivity contribution >= 4 is 5.91 Å². The summed E-state index contributed by atoms with van der Waals surface area (Å²) in [4.78, 5) is 33.1. The van der Waals surface area contributed by atoms with Crippen LogP contribution in [0, 0.1) is 26.7 Å². The number of benzene rings is 1. The zero-order valence-corrected chi connectivity index (χ0v) is 21.8. The van der Waals surface area contributed by atoms with Crippen LogP contribution in [-0.4, -0.2) is 53.2 Å². The van der Waals surface area contributed by atoms with E-state index in [0.717, 1.165) is 60.2 Å². The first kappa shape index (κ1) is 23.9. The molecule has 1 N–H and O–H groups in total. The van der Waals surface area contributed by atoms with Crippen LogP contribution in [0.25, 0.3) is 0 Å². The van der Waals surface area contributed by atoms with E-state index in [1.54, 1.807) is 4.90 Å². The van der Waals surface area contributed by atoms with Gasteiger partial charge in [0.1, 0.15) is 0 Å². The van der Waals surface area contributed by atoms with Crippen LogP contribution in [0.3, 0.4) is 0 Å². The Labute approximate surface area is 207 Å². The summed E-state index contributed by atoms with van der Waals surface area (Å²) in [6, 6.07) is 4.57. The molecule has 3 aliphatic rings. The van der Waals surface area contributed by atoms with Gasteiger partial charge in [-0.25, -0.2) is 0 Å². The number of rotatable bonds is 4. The highest BCUT2D eigenvalue weighted by Gasteiger charge is 2.47. The maximum Gasteiger partial charge on any atom is 0.254 e. The molecule has 0 unspecified atom stereocenters. The van der Waals surface area contributed by atoms with Crippen LogP contribution in [0.1, 0.15) is 70.9 Å². The third-order valence-electron chi connectivity index (χ3n) is 8.35. The van der Waals surface area contributed by atoms with Crippen LogP contribution in [0.2, 0.25) is 0 Å². The number of nitrogens with one attached hydrogen (secondary N) is 1. The van der Waals surface area contributed by atoms with Crippen LogP contribution in [-0.2, 0) is 13.0 Å². The molecule has 7 nitrogen and oxygen atoms in total. The molecular formula is C28H37N3O4. The molecule has 2 aliphatic heterocycles. The summed E-state index contributed by atoms with van der Waals surface area (Å²) in [7, 11) is 4.30. The Balaban J connectivity index is 1.38. The lowest BCUT2D eigenvalue weighted by Crippen LogP contribution is -2.46. The summed E-state index contributed by atoms with van der Waals surface area (Å²) in [5.41, 5.74) is 4.80. The molecule has 1 saturated carbocycles. The minimum Gasteiger partial charge on any atom is -0.448 e. The molecule has 7 heteroatoms.